The number of rotatable bonds is 6. The van der Waals surface area contributed by atoms with Crippen LogP contribution in [0.4, 0.5) is 0 Å². The van der Waals surface area contributed by atoms with Crippen LogP contribution in [0.1, 0.15) is 44.7 Å². The van der Waals surface area contributed by atoms with E-state index in [0.717, 1.165) is 5.56 Å². The van der Waals surface area contributed by atoms with Gasteiger partial charge in [0.15, 0.2) is 5.75 Å². The van der Waals surface area contributed by atoms with Crippen molar-refractivity contribution in [2.75, 3.05) is 7.11 Å². The predicted molar refractivity (Wildman–Crippen MR) is 114 cm³/mol. The molecule has 1 N–H and O–H groups in total. The number of phenols is 1. The van der Waals surface area contributed by atoms with E-state index in [1.165, 1.54) is 4.57 Å². The Morgan fingerprint density at radius 2 is 1.73 bits per heavy atom. The maximum atomic E-state index is 12.5. The Bertz CT molecular complexity index is 1180. The van der Waals surface area contributed by atoms with Crippen LogP contribution >= 0.6 is 0 Å². The van der Waals surface area contributed by atoms with Gasteiger partial charge in [-0.3, -0.25) is 0 Å². The van der Waals surface area contributed by atoms with Crippen LogP contribution in [-0.2, 0) is 0 Å². The van der Waals surface area contributed by atoms with E-state index < -0.39 is 5.76 Å². The van der Waals surface area contributed by atoms with Crippen molar-refractivity contribution in [2.24, 2.45) is 0 Å². The average Bonchev–Trinajstić information content (AvgIpc) is 3.05. The van der Waals surface area contributed by atoms with Crippen molar-refractivity contribution in [1.29, 1.82) is 0 Å². The van der Waals surface area contributed by atoms with E-state index in [0.29, 0.717) is 16.8 Å². The van der Waals surface area contributed by atoms with Crippen molar-refractivity contribution < 1.29 is 23.7 Å². The molecule has 0 saturated heterocycles. The standard InChI is InChI=1S/C23H25NO6/c1-12(2)28-21-19(25)17-15(14-8-6-7-9-16(14)27-5)10-11-24-18(17)20(30-23(24)26)22(21)29-13(3)4/h6-13,15,25H,1-5H3. The minimum absolute atomic E-state index is 0.0818. The number of hydrogen-bond donors (Lipinski definition) is 1. The zero-order valence-electron chi connectivity index (χ0n) is 17.6. The second-order valence-electron chi connectivity index (χ2n) is 7.73. The van der Waals surface area contributed by atoms with Gasteiger partial charge in [0.2, 0.25) is 17.1 Å². The second kappa shape index (κ2) is 7.48. The first-order valence-corrected chi connectivity index (χ1v) is 9.91. The maximum Gasteiger partial charge on any atom is 0.424 e. The normalized spacial score (nSPS) is 15.2. The van der Waals surface area contributed by atoms with Crippen molar-refractivity contribution >= 4 is 17.3 Å². The molecule has 7 heteroatoms. The Hall–Kier alpha value is -3.35. The van der Waals surface area contributed by atoms with Crippen molar-refractivity contribution in [1.82, 2.24) is 4.57 Å². The van der Waals surface area contributed by atoms with E-state index in [1.807, 2.05) is 58.0 Å². The highest BCUT2D eigenvalue weighted by Gasteiger charge is 2.34. The SMILES string of the molecule is COc1ccccc1C1C=Cn2c(=O)oc3c(OC(C)C)c(OC(C)C)c(O)c1c32. The van der Waals surface area contributed by atoms with Crippen LogP contribution < -0.4 is 20.0 Å². The fourth-order valence-electron chi connectivity index (χ4n) is 3.81. The monoisotopic (exact) mass is 411 g/mol. The zero-order chi connectivity index (χ0) is 21.6. The van der Waals surface area contributed by atoms with Crippen LogP contribution in [0.3, 0.4) is 0 Å². The third kappa shape index (κ3) is 3.10. The fourth-order valence-corrected chi connectivity index (χ4v) is 3.81. The largest absolute Gasteiger partial charge is 0.504 e. The van der Waals surface area contributed by atoms with E-state index >= 15 is 0 Å². The number of nitrogens with zero attached hydrogens (tertiary/aromatic N) is 1. The molecule has 1 atom stereocenters. The topological polar surface area (TPSA) is 83.1 Å². The molecule has 1 aliphatic rings. The van der Waals surface area contributed by atoms with Gasteiger partial charge in [0.1, 0.15) is 11.3 Å². The third-order valence-corrected chi connectivity index (χ3v) is 4.90. The highest BCUT2D eigenvalue weighted by molar-refractivity contribution is 5.93. The van der Waals surface area contributed by atoms with E-state index in [1.54, 1.807) is 13.3 Å². The van der Waals surface area contributed by atoms with Gasteiger partial charge in [0.25, 0.3) is 0 Å². The zero-order valence-corrected chi connectivity index (χ0v) is 17.6. The molecule has 0 fully saturated rings. The number of oxazole rings is 1. The van der Waals surface area contributed by atoms with Crippen LogP contribution in [0.25, 0.3) is 17.3 Å². The van der Waals surface area contributed by atoms with Gasteiger partial charge in [-0.15, -0.1) is 0 Å². The van der Waals surface area contributed by atoms with Gasteiger partial charge >= 0.3 is 5.76 Å². The van der Waals surface area contributed by atoms with Crippen LogP contribution in [0.15, 0.2) is 39.6 Å². The van der Waals surface area contributed by atoms with Gasteiger partial charge in [0, 0.05) is 23.2 Å². The summed E-state index contributed by atoms with van der Waals surface area (Å²) < 4.78 is 24.4. The molecule has 0 aliphatic carbocycles. The maximum absolute atomic E-state index is 12.5. The second-order valence-corrected chi connectivity index (χ2v) is 7.73. The van der Waals surface area contributed by atoms with Gasteiger partial charge in [-0.1, -0.05) is 24.3 Å². The summed E-state index contributed by atoms with van der Waals surface area (Å²) in [6, 6.07) is 7.56. The molecule has 1 aromatic heterocycles. The molecular formula is C23H25NO6. The van der Waals surface area contributed by atoms with Crippen LogP contribution in [0, 0.1) is 0 Å². The fraction of sp³-hybridized carbons (Fsp3) is 0.348. The van der Waals surface area contributed by atoms with E-state index in [-0.39, 0.29) is 41.0 Å². The third-order valence-electron chi connectivity index (χ3n) is 4.90. The molecule has 0 bridgehead atoms. The molecule has 1 unspecified atom stereocenters. The Labute approximate surface area is 174 Å². The number of allylic oxidation sites excluding steroid dienone is 1. The summed E-state index contributed by atoms with van der Waals surface area (Å²) in [4.78, 5) is 12.5. The lowest BCUT2D eigenvalue weighted by molar-refractivity contribution is 0.192. The first-order valence-electron chi connectivity index (χ1n) is 9.91. The van der Waals surface area contributed by atoms with Gasteiger partial charge in [-0.05, 0) is 33.8 Å². The summed E-state index contributed by atoms with van der Waals surface area (Å²) in [5.41, 5.74) is 2.07. The molecule has 3 aromatic rings. The minimum Gasteiger partial charge on any atom is -0.504 e. The van der Waals surface area contributed by atoms with Gasteiger partial charge in [-0.25, -0.2) is 9.36 Å². The number of aromatic nitrogens is 1. The molecular weight excluding hydrogens is 386 g/mol. The van der Waals surface area contributed by atoms with Gasteiger partial charge in [0.05, 0.1) is 19.3 Å². The molecule has 0 radical (unpaired) electrons. The lowest BCUT2D eigenvalue weighted by Gasteiger charge is -2.25. The predicted octanol–water partition coefficient (Wildman–Crippen LogP) is 4.50. The summed E-state index contributed by atoms with van der Waals surface area (Å²) in [7, 11) is 1.60. The average molecular weight is 411 g/mol. The van der Waals surface area contributed by atoms with Crippen LogP contribution in [-0.4, -0.2) is 29.0 Å². The van der Waals surface area contributed by atoms with Crippen molar-refractivity contribution in [3.8, 4) is 23.0 Å². The number of benzene rings is 2. The summed E-state index contributed by atoms with van der Waals surface area (Å²) >= 11 is 0. The number of aromatic hydroxyl groups is 1. The first-order chi connectivity index (χ1) is 14.3. The van der Waals surface area contributed by atoms with E-state index in [9.17, 15) is 9.90 Å². The Balaban J connectivity index is 2.08. The first kappa shape index (κ1) is 19.9. The van der Waals surface area contributed by atoms with E-state index in [2.05, 4.69) is 0 Å². The minimum atomic E-state index is -0.560. The smallest absolute Gasteiger partial charge is 0.424 e. The van der Waals surface area contributed by atoms with Crippen LogP contribution in [0.5, 0.6) is 23.0 Å². The molecule has 1 aliphatic heterocycles. The highest BCUT2D eigenvalue weighted by atomic mass is 16.5. The van der Waals surface area contributed by atoms with Crippen molar-refractivity contribution in [3.05, 3.63) is 52.0 Å². The van der Waals surface area contributed by atoms with Gasteiger partial charge < -0.3 is 23.7 Å². The Kier molecular flexibility index (Phi) is 4.97. The molecule has 2 heterocycles. The summed E-state index contributed by atoms with van der Waals surface area (Å²) in [6.07, 6.45) is 3.04. The molecule has 30 heavy (non-hydrogen) atoms. The number of phenolic OH excluding ortho intramolecular Hbond substituents is 1. The number of ether oxygens (including phenoxy) is 3. The van der Waals surface area contributed by atoms with Crippen molar-refractivity contribution in [2.45, 2.75) is 45.8 Å². The Morgan fingerprint density at radius 1 is 1.07 bits per heavy atom. The molecule has 0 spiro atoms. The molecule has 0 amide bonds. The van der Waals surface area contributed by atoms with Gasteiger partial charge in [-0.2, -0.15) is 0 Å². The molecule has 2 aromatic carbocycles. The van der Waals surface area contributed by atoms with Crippen LogP contribution in [0.2, 0.25) is 0 Å². The summed E-state index contributed by atoms with van der Waals surface area (Å²) in [5, 5.41) is 11.4. The molecule has 4 rings (SSSR count). The molecule has 158 valence electrons. The van der Waals surface area contributed by atoms with E-state index in [4.69, 9.17) is 18.6 Å². The van der Waals surface area contributed by atoms with Crippen molar-refractivity contribution in [3.63, 3.8) is 0 Å². The number of para-hydroxylation sites is 1. The molecule has 0 saturated carbocycles. The Morgan fingerprint density at radius 3 is 2.40 bits per heavy atom. The lowest BCUT2D eigenvalue weighted by Crippen LogP contribution is -2.16. The molecule has 7 nitrogen and oxygen atoms in total. The summed E-state index contributed by atoms with van der Waals surface area (Å²) in [6.45, 7) is 7.42. The highest BCUT2D eigenvalue weighted by Crippen LogP contribution is 2.52. The number of hydrogen-bond acceptors (Lipinski definition) is 6. The summed E-state index contributed by atoms with van der Waals surface area (Å²) in [5.74, 6) is 0.0469. The quantitative estimate of drug-likeness (QED) is 0.643. The number of methoxy groups -OCH3 is 1. The lowest BCUT2D eigenvalue weighted by atomic mass is 9.87.